The van der Waals surface area contributed by atoms with Crippen LogP contribution in [0.15, 0.2) is 47.4 Å². The van der Waals surface area contributed by atoms with Crippen LogP contribution >= 0.6 is 0 Å². The van der Waals surface area contributed by atoms with Crippen LogP contribution in [0.4, 0.5) is 0 Å². The summed E-state index contributed by atoms with van der Waals surface area (Å²) >= 11 is 0. The number of carbonyl (C=O) groups excluding carboxylic acids is 1. The summed E-state index contributed by atoms with van der Waals surface area (Å²) in [6.07, 6.45) is 4.51. The van der Waals surface area contributed by atoms with Crippen molar-refractivity contribution in [1.82, 2.24) is 15.3 Å². The van der Waals surface area contributed by atoms with Gasteiger partial charge in [-0.15, -0.1) is 0 Å². The van der Waals surface area contributed by atoms with Gasteiger partial charge in [-0.05, 0) is 54.0 Å². The van der Waals surface area contributed by atoms with Gasteiger partial charge in [-0.1, -0.05) is 32.0 Å². The molecule has 0 radical (unpaired) electrons. The number of fused-ring (bicyclic) bond motifs is 2. The third-order valence-electron chi connectivity index (χ3n) is 5.28. The third-order valence-corrected chi connectivity index (χ3v) is 5.28. The second kappa shape index (κ2) is 6.65. The van der Waals surface area contributed by atoms with E-state index in [0.29, 0.717) is 6.54 Å². The van der Waals surface area contributed by atoms with E-state index in [0.717, 1.165) is 47.0 Å². The standard InChI is InChI=1S/C22H23N3O2/c1-22(2)8-7-19-16(11-22)10-17(21(27)25-19)20(26)24-13-14-9-15-5-3-4-6-18(15)23-12-14/h3-6,9-10,12H,7-8,11,13H2,1-2H3,(H,24,26)(H,25,27). The number of amides is 1. The summed E-state index contributed by atoms with van der Waals surface area (Å²) < 4.78 is 0. The van der Waals surface area contributed by atoms with Crippen LogP contribution in [0.3, 0.4) is 0 Å². The molecule has 1 aromatic carbocycles. The van der Waals surface area contributed by atoms with Crippen LogP contribution in [-0.4, -0.2) is 15.9 Å². The van der Waals surface area contributed by atoms with Crippen LogP contribution in [0.5, 0.6) is 0 Å². The van der Waals surface area contributed by atoms with Gasteiger partial charge in [-0.2, -0.15) is 0 Å². The van der Waals surface area contributed by atoms with Crippen molar-refractivity contribution in [2.75, 3.05) is 0 Å². The van der Waals surface area contributed by atoms with Crippen molar-refractivity contribution in [3.8, 4) is 0 Å². The number of nitrogens with one attached hydrogen (secondary N) is 2. The average Bonchev–Trinajstić information content (AvgIpc) is 2.65. The van der Waals surface area contributed by atoms with Crippen molar-refractivity contribution in [1.29, 1.82) is 0 Å². The van der Waals surface area contributed by atoms with E-state index in [2.05, 4.69) is 29.1 Å². The maximum Gasteiger partial charge on any atom is 0.261 e. The number of benzene rings is 1. The molecule has 4 rings (SSSR count). The molecular formula is C22H23N3O2. The van der Waals surface area contributed by atoms with Gasteiger partial charge >= 0.3 is 0 Å². The van der Waals surface area contributed by atoms with Crippen LogP contribution in [0.1, 0.15) is 47.4 Å². The molecule has 0 aliphatic heterocycles. The van der Waals surface area contributed by atoms with E-state index in [9.17, 15) is 9.59 Å². The van der Waals surface area contributed by atoms with Crippen LogP contribution in [0.2, 0.25) is 0 Å². The van der Waals surface area contributed by atoms with E-state index in [-0.39, 0.29) is 22.4 Å². The Morgan fingerprint density at radius 1 is 1.26 bits per heavy atom. The number of carbonyl (C=O) groups is 1. The number of aryl methyl sites for hydroxylation is 1. The third kappa shape index (κ3) is 3.63. The largest absolute Gasteiger partial charge is 0.348 e. The lowest BCUT2D eigenvalue weighted by molar-refractivity contribution is 0.0949. The molecule has 27 heavy (non-hydrogen) atoms. The van der Waals surface area contributed by atoms with Crippen molar-refractivity contribution in [2.24, 2.45) is 5.41 Å². The first-order chi connectivity index (χ1) is 12.9. The normalized spacial score (nSPS) is 15.3. The number of hydrogen-bond donors (Lipinski definition) is 2. The van der Waals surface area contributed by atoms with Crippen molar-refractivity contribution in [2.45, 2.75) is 39.7 Å². The van der Waals surface area contributed by atoms with Crippen LogP contribution in [0.25, 0.3) is 10.9 Å². The van der Waals surface area contributed by atoms with E-state index in [1.807, 2.05) is 30.3 Å². The van der Waals surface area contributed by atoms with Crippen LogP contribution in [-0.2, 0) is 19.4 Å². The summed E-state index contributed by atoms with van der Waals surface area (Å²) in [4.78, 5) is 32.3. The Hall–Kier alpha value is -2.95. The number of pyridine rings is 2. The minimum atomic E-state index is -0.351. The lowest BCUT2D eigenvalue weighted by Gasteiger charge is -2.31. The molecule has 2 N–H and O–H groups in total. The molecule has 1 amide bonds. The molecule has 1 aliphatic carbocycles. The van der Waals surface area contributed by atoms with Gasteiger partial charge in [0.25, 0.3) is 11.5 Å². The number of rotatable bonds is 3. The van der Waals surface area contributed by atoms with Crippen molar-refractivity contribution >= 4 is 16.8 Å². The molecule has 0 atom stereocenters. The molecule has 5 nitrogen and oxygen atoms in total. The highest BCUT2D eigenvalue weighted by atomic mass is 16.2. The molecule has 2 aromatic heterocycles. The summed E-state index contributed by atoms with van der Waals surface area (Å²) in [6.45, 7) is 4.76. The summed E-state index contributed by atoms with van der Waals surface area (Å²) in [5, 5.41) is 3.88. The molecule has 3 aromatic rings. The van der Waals surface area contributed by atoms with Gasteiger partial charge in [0.1, 0.15) is 5.56 Å². The van der Waals surface area contributed by atoms with E-state index < -0.39 is 0 Å². The molecule has 138 valence electrons. The Morgan fingerprint density at radius 3 is 2.93 bits per heavy atom. The van der Waals surface area contributed by atoms with E-state index in [1.165, 1.54) is 0 Å². The lowest BCUT2D eigenvalue weighted by Crippen LogP contribution is -2.32. The van der Waals surface area contributed by atoms with Gasteiger partial charge in [0.15, 0.2) is 0 Å². The Morgan fingerprint density at radius 2 is 2.07 bits per heavy atom. The zero-order valence-corrected chi connectivity index (χ0v) is 15.6. The Bertz CT molecular complexity index is 1080. The summed E-state index contributed by atoms with van der Waals surface area (Å²) in [6, 6.07) is 11.6. The molecule has 0 saturated heterocycles. The van der Waals surface area contributed by atoms with Gasteiger partial charge in [-0.25, -0.2) is 0 Å². The second-order valence-corrected chi connectivity index (χ2v) is 8.08. The first-order valence-electron chi connectivity index (χ1n) is 9.28. The monoisotopic (exact) mass is 361 g/mol. The van der Waals surface area contributed by atoms with Crippen molar-refractivity contribution in [3.63, 3.8) is 0 Å². The van der Waals surface area contributed by atoms with Gasteiger partial charge in [0.05, 0.1) is 5.52 Å². The Balaban J connectivity index is 1.53. The highest BCUT2D eigenvalue weighted by Gasteiger charge is 2.27. The smallest absolute Gasteiger partial charge is 0.261 e. The number of nitrogens with zero attached hydrogens (tertiary/aromatic N) is 1. The summed E-state index contributed by atoms with van der Waals surface area (Å²) in [7, 11) is 0. The number of aromatic nitrogens is 2. The fourth-order valence-electron chi connectivity index (χ4n) is 3.72. The predicted molar refractivity (Wildman–Crippen MR) is 106 cm³/mol. The highest BCUT2D eigenvalue weighted by Crippen LogP contribution is 2.33. The number of aromatic amines is 1. The van der Waals surface area contributed by atoms with Crippen LogP contribution in [0, 0.1) is 5.41 Å². The van der Waals surface area contributed by atoms with Gasteiger partial charge in [-0.3, -0.25) is 14.6 Å². The minimum Gasteiger partial charge on any atom is -0.348 e. The number of H-pyrrole nitrogens is 1. The van der Waals surface area contributed by atoms with Gasteiger partial charge in [0.2, 0.25) is 0 Å². The quantitative estimate of drug-likeness (QED) is 0.751. The molecule has 2 heterocycles. The van der Waals surface area contributed by atoms with Crippen LogP contribution < -0.4 is 10.9 Å². The van der Waals surface area contributed by atoms with E-state index >= 15 is 0 Å². The molecule has 0 spiro atoms. The van der Waals surface area contributed by atoms with E-state index in [4.69, 9.17) is 0 Å². The lowest BCUT2D eigenvalue weighted by atomic mass is 9.76. The molecule has 0 unspecified atom stereocenters. The average molecular weight is 361 g/mol. The molecule has 0 saturated carbocycles. The zero-order chi connectivity index (χ0) is 19.0. The van der Waals surface area contributed by atoms with E-state index in [1.54, 1.807) is 12.3 Å². The summed E-state index contributed by atoms with van der Waals surface area (Å²) in [5.41, 5.74) is 3.91. The topological polar surface area (TPSA) is 74.8 Å². The first kappa shape index (κ1) is 17.5. The maximum absolute atomic E-state index is 12.6. The number of hydrogen-bond acceptors (Lipinski definition) is 3. The van der Waals surface area contributed by atoms with Gasteiger partial charge < -0.3 is 10.3 Å². The van der Waals surface area contributed by atoms with Gasteiger partial charge in [0, 0.05) is 23.8 Å². The first-order valence-corrected chi connectivity index (χ1v) is 9.28. The molecule has 0 fully saturated rings. The van der Waals surface area contributed by atoms with Crippen molar-refractivity contribution < 1.29 is 4.79 Å². The maximum atomic E-state index is 12.6. The number of para-hydroxylation sites is 1. The molecular weight excluding hydrogens is 338 g/mol. The Labute approximate surface area is 157 Å². The Kier molecular flexibility index (Phi) is 4.30. The SMILES string of the molecule is CC1(C)CCc2[nH]c(=O)c(C(=O)NCc3cnc4ccccc4c3)cc2C1. The second-order valence-electron chi connectivity index (χ2n) is 8.08. The predicted octanol–water partition coefficient (Wildman–Crippen LogP) is 3.37. The molecule has 0 bridgehead atoms. The fraction of sp³-hybridized carbons (Fsp3) is 0.318. The zero-order valence-electron chi connectivity index (χ0n) is 15.6. The minimum absolute atomic E-state index is 0.181. The fourth-order valence-corrected chi connectivity index (χ4v) is 3.72. The van der Waals surface area contributed by atoms with Crippen molar-refractivity contribution in [3.05, 3.63) is 75.3 Å². The molecule has 5 heteroatoms. The highest BCUT2D eigenvalue weighted by molar-refractivity contribution is 5.94. The molecule has 1 aliphatic rings. The summed E-state index contributed by atoms with van der Waals surface area (Å²) in [5.74, 6) is -0.351.